The van der Waals surface area contributed by atoms with Gasteiger partial charge in [0.25, 0.3) is 6.29 Å². The monoisotopic (exact) mass is 1370 g/mol. The number of allylic oxidation sites excluding steroid dienone is 34. The van der Waals surface area contributed by atoms with Crippen LogP contribution in [0.2, 0.25) is 0 Å². The van der Waals surface area contributed by atoms with Gasteiger partial charge in [-0.1, -0.05) is 330 Å². The van der Waals surface area contributed by atoms with Crippen molar-refractivity contribution in [3.8, 4) is 0 Å². The third-order valence-electron chi connectivity index (χ3n) is 16.0. The molecule has 99 heavy (non-hydrogen) atoms. The molecule has 9 heteroatoms. The van der Waals surface area contributed by atoms with Crippen LogP contribution in [0.3, 0.4) is 0 Å². The van der Waals surface area contributed by atoms with Crippen molar-refractivity contribution in [1.82, 2.24) is 0 Å². The molecule has 9 nitrogen and oxygen atoms in total. The molecule has 0 amide bonds. The molecule has 0 aromatic rings. The summed E-state index contributed by atoms with van der Waals surface area (Å²) in [6.07, 6.45) is 118. The Balaban J connectivity index is 4.17. The van der Waals surface area contributed by atoms with Crippen molar-refractivity contribution in [2.45, 2.75) is 296 Å². The summed E-state index contributed by atoms with van der Waals surface area (Å²) in [6, 6.07) is 0. The van der Waals surface area contributed by atoms with Gasteiger partial charge in [-0.25, -0.2) is 4.79 Å². The molecule has 0 spiro atoms. The molecule has 0 rings (SSSR count). The van der Waals surface area contributed by atoms with E-state index < -0.39 is 24.3 Å². The fourth-order valence-electron chi connectivity index (χ4n) is 10.1. The molecule has 0 saturated heterocycles. The van der Waals surface area contributed by atoms with Crippen LogP contribution in [0.15, 0.2) is 207 Å². The van der Waals surface area contributed by atoms with Gasteiger partial charge in [0.2, 0.25) is 0 Å². The Morgan fingerprint density at radius 3 is 0.818 bits per heavy atom. The predicted octanol–water partition coefficient (Wildman–Crippen LogP) is 25.5. The normalized spacial score (nSPS) is 13.8. The fraction of sp³-hybridized carbons (Fsp3) is 0.589. The fourth-order valence-corrected chi connectivity index (χ4v) is 10.1. The summed E-state index contributed by atoms with van der Waals surface area (Å²) >= 11 is 0. The number of carboxylic acid groups (broad SMARTS) is 1. The minimum Gasteiger partial charge on any atom is -0.477 e. The van der Waals surface area contributed by atoms with Crippen LogP contribution >= 0.6 is 0 Å². The molecular weight excluding hydrogens is 1220 g/mol. The Kier molecular flexibility index (Phi) is 72.8. The van der Waals surface area contributed by atoms with Crippen LogP contribution in [0, 0.1) is 0 Å². The molecule has 556 valence electrons. The third kappa shape index (κ3) is 79.1. The van der Waals surface area contributed by atoms with E-state index in [1.807, 2.05) is 21.1 Å². The van der Waals surface area contributed by atoms with Crippen LogP contribution in [-0.2, 0) is 33.3 Å². The van der Waals surface area contributed by atoms with Gasteiger partial charge in [0.15, 0.2) is 6.10 Å². The lowest BCUT2D eigenvalue weighted by atomic mass is 10.0. The van der Waals surface area contributed by atoms with E-state index in [9.17, 15) is 19.5 Å². The number of likely N-dealkylation sites (N-methyl/N-ethyl adjacent to an activating group) is 1. The first-order valence-corrected chi connectivity index (χ1v) is 39.2. The molecule has 0 bridgehead atoms. The topological polar surface area (TPSA) is 108 Å². The van der Waals surface area contributed by atoms with Gasteiger partial charge >= 0.3 is 17.9 Å². The Morgan fingerprint density at radius 2 is 0.545 bits per heavy atom. The van der Waals surface area contributed by atoms with Gasteiger partial charge in [-0.05, 0) is 148 Å². The number of quaternary nitrogens is 1. The number of nitrogens with zero attached hydrogens (tertiary/aromatic N) is 1. The lowest BCUT2D eigenvalue weighted by Crippen LogP contribution is -2.40. The molecule has 2 atom stereocenters. The van der Waals surface area contributed by atoms with Crippen molar-refractivity contribution < 1.29 is 42.9 Å². The number of carboxylic acids is 1. The minimum atomic E-state index is -1.53. The van der Waals surface area contributed by atoms with Gasteiger partial charge in [-0.15, -0.1) is 0 Å². The van der Waals surface area contributed by atoms with E-state index in [1.165, 1.54) is 103 Å². The highest BCUT2D eigenvalue weighted by molar-refractivity contribution is 5.71. The van der Waals surface area contributed by atoms with Crippen molar-refractivity contribution in [2.24, 2.45) is 0 Å². The summed E-state index contributed by atoms with van der Waals surface area (Å²) in [5.74, 6) is -2.06. The Hall–Kier alpha value is -6.13. The minimum absolute atomic E-state index is 0.171. The first kappa shape index (κ1) is 92.9. The van der Waals surface area contributed by atoms with Gasteiger partial charge in [-0.2, -0.15) is 0 Å². The number of aliphatic carboxylic acids is 1. The number of carbonyl (C=O) groups excluding carboxylic acids is 2. The number of carbonyl (C=O) groups is 3. The second-order valence-corrected chi connectivity index (χ2v) is 26.6. The SMILES string of the molecule is CC/C=C\C/C=C\C/C=C\C/C=C\C/C=C\C/C=C\C/C=C\C/C=C\C/C=C\C/C=C\C/C=C\CCCCCC(=O)OC(COC(=O)CCCCCCCCCCCCCCCCCCCC/C=C\C/C=C\C/C=C\C/C=C\C/C=C\C/C=C\CC)COC(OCC[N+](C)(C)C)C(=O)O. The predicted molar refractivity (Wildman–Crippen MR) is 428 cm³/mol. The molecular formula is C90H144NO8+. The average molecular weight is 1370 g/mol. The molecule has 0 fully saturated rings. The average Bonchev–Trinajstić information content (AvgIpc) is 2.19. The highest BCUT2D eigenvalue weighted by Gasteiger charge is 2.25. The van der Waals surface area contributed by atoms with E-state index in [1.54, 1.807) is 0 Å². The van der Waals surface area contributed by atoms with Crippen molar-refractivity contribution in [3.63, 3.8) is 0 Å². The Bertz CT molecular complexity index is 2390. The summed E-state index contributed by atoms with van der Waals surface area (Å²) in [5.41, 5.74) is 0. The molecule has 0 aliphatic rings. The summed E-state index contributed by atoms with van der Waals surface area (Å²) in [4.78, 5) is 37.7. The van der Waals surface area contributed by atoms with Gasteiger partial charge in [-0.3, -0.25) is 9.59 Å². The Morgan fingerprint density at radius 1 is 0.303 bits per heavy atom. The van der Waals surface area contributed by atoms with E-state index in [0.717, 1.165) is 148 Å². The molecule has 0 aromatic carbocycles. The van der Waals surface area contributed by atoms with Crippen LogP contribution < -0.4 is 0 Å². The van der Waals surface area contributed by atoms with Gasteiger partial charge in [0.05, 0.1) is 34.4 Å². The van der Waals surface area contributed by atoms with E-state index in [2.05, 4.69) is 220 Å². The summed E-state index contributed by atoms with van der Waals surface area (Å²) in [5, 5.41) is 9.77. The lowest BCUT2D eigenvalue weighted by Gasteiger charge is -2.25. The van der Waals surface area contributed by atoms with Crippen LogP contribution in [0.25, 0.3) is 0 Å². The summed E-state index contributed by atoms with van der Waals surface area (Å²) in [6.45, 7) is 4.60. The zero-order valence-electron chi connectivity index (χ0n) is 63.6. The largest absolute Gasteiger partial charge is 0.477 e. The molecule has 0 saturated carbocycles. The number of rotatable bonds is 70. The number of ether oxygens (including phenoxy) is 4. The van der Waals surface area contributed by atoms with Crippen LogP contribution in [0.1, 0.15) is 284 Å². The van der Waals surface area contributed by atoms with E-state index >= 15 is 0 Å². The molecule has 0 radical (unpaired) electrons. The zero-order chi connectivity index (χ0) is 71.8. The first-order chi connectivity index (χ1) is 48.6. The van der Waals surface area contributed by atoms with E-state index in [4.69, 9.17) is 18.9 Å². The highest BCUT2D eigenvalue weighted by Crippen LogP contribution is 2.17. The molecule has 0 aromatic heterocycles. The van der Waals surface area contributed by atoms with Crippen molar-refractivity contribution in [2.75, 3.05) is 47.5 Å². The standard InChI is InChI=1S/C90H143NO8/c1-6-8-10-12-14-16-18-20-22-24-26-28-30-32-34-36-38-40-42-44-46-48-50-52-54-56-58-60-62-64-66-68-70-72-74-76-78-80-87(92)97-84-86(85-98-90(89(94)95)96-83-82-91(3,4)5)99-88(93)81-79-77-75-73-71-69-67-65-63-61-59-57-55-53-51-49-47-45-43-41-39-37-35-33-31-29-27-25-23-21-19-17-15-13-11-9-7-2/h8-11,14-17,20-23,26-29,32-35,38-41,45,47,51,53,57,59,63,65,69,71,86,90H,6-7,12-13,18-19,24-25,30-31,36-37,42-44,46,48-50,52,54-56,58,60-62,64,66-68,70,72-85H2,1-5H3/p+1/b10-8-,11-9-,16-14-,17-15-,22-20-,23-21-,28-26-,29-27-,34-32-,35-33-,40-38-,41-39-,47-45-,53-51-,59-57-,65-63-,71-69-. The van der Waals surface area contributed by atoms with Crippen LogP contribution in [-0.4, -0.2) is 87.4 Å². The van der Waals surface area contributed by atoms with Gasteiger partial charge in [0.1, 0.15) is 13.2 Å². The maximum atomic E-state index is 13.0. The summed E-state index contributed by atoms with van der Waals surface area (Å²) < 4.78 is 23.0. The highest BCUT2D eigenvalue weighted by atomic mass is 16.7. The van der Waals surface area contributed by atoms with Gasteiger partial charge in [0, 0.05) is 12.8 Å². The number of esters is 2. The molecule has 2 unspecified atom stereocenters. The van der Waals surface area contributed by atoms with Gasteiger partial charge < -0.3 is 28.5 Å². The molecule has 0 aliphatic heterocycles. The third-order valence-corrected chi connectivity index (χ3v) is 16.0. The second kappa shape index (κ2) is 77.6. The molecule has 0 aliphatic carbocycles. The second-order valence-electron chi connectivity index (χ2n) is 26.6. The van der Waals surface area contributed by atoms with Crippen LogP contribution in [0.5, 0.6) is 0 Å². The lowest BCUT2D eigenvalue weighted by molar-refractivity contribution is -0.870. The van der Waals surface area contributed by atoms with Crippen LogP contribution in [0.4, 0.5) is 0 Å². The Labute approximate surface area is 607 Å². The smallest absolute Gasteiger partial charge is 0.361 e. The van der Waals surface area contributed by atoms with Crippen molar-refractivity contribution in [1.29, 1.82) is 0 Å². The molecule has 0 heterocycles. The van der Waals surface area contributed by atoms with E-state index in [-0.39, 0.29) is 38.6 Å². The van der Waals surface area contributed by atoms with Crippen molar-refractivity contribution in [3.05, 3.63) is 207 Å². The maximum absolute atomic E-state index is 13.0. The number of hydrogen-bond acceptors (Lipinski definition) is 7. The first-order valence-electron chi connectivity index (χ1n) is 39.2. The van der Waals surface area contributed by atoms with Crippen molar-refractivity contribution >= 4 is 17.9 Å². The molecule has 1 N–H and O–H groups in total. The number of unbranched alkanes of at least 4 members (excludes halogenated alkanes) is 21. The zero-order valence-corrected chi connectivity index (χ0v) is 63.6. The quantitative estimate of drug-likeness (QED) is 0.0211. The number of hydrogen-bond donors (Lipinski definition) is 1. The van der Waals surface area contributed by atoms with E-state index in [0.29, 0.717) is 17.4 Å². The maximum Gasteiger partial charge on any atom is 0.361 e. The summed E-state index contributed by atoms with van der Waals surface area (Å²) in [7, 11) is 5.96.